The lowest BCUT2D eigenvalue weighted by Gasteiger charge is -1.99. The van der Waals surface area contributed by atoms with Crippen molar-refractivity contribution in [3.05, 3.63) is 52.8 Å². The molecule has 3 aromatic rings. The fourth-order valence-corrected chi connectivity index (χ4v) is 2.08. The first-order valence-corrected chi connectivity index (χ1v) is 6.51. The maximum absolute atomic E-state index is 12.9. The molecular weight excluding hydrogens is 327 g/mol. The molecule has 1 heterocycles. The van der Waals surface area contributed by atoms with Gasteiger partial charge in [0.15, 0.2) is 0 Å². The van der Waals surface area contributed by atoms with E-state index >= 15 is 0 Å². The van der Waals surface area contributed by atoms with Crippen LogP contribution in [-0.4, -0.2) is 15.2 Å². The quantitative estimate of drug-likeness (QED) is 0.769. The minimum absolute atomic E-state index is 0.0358. The molecule has 0 aliphatic heterocycles. The molecule has 1 N–H and O–H groups in total. The highest BCUT2D eigenvalue weighted by molar-refractivity contribution is 9.10. The first kappa shape index (κ1) is 12.8. The highest BCUT2D eigenvalue weighted by Crippen LogP contribution is 2.31. The van der Waals surface area contributed by atoms with Crippen LogP contribution in [0.25, 0.3) is 22.8 Å². The van der Waals surface area contributed by atoms with Crippen molar-refractivity contribution < 1.29 is 14.0 Å². The van der Waals surface area contributed by atoms with Crippen LogP contribution in [0.1, 0.15) is 0 Å². The van der Waals surface area contributed by atoms with Gasteiger partial charge in [-0.25, -0.2) is 4.39 Å². The number of phenols is 1. The summed E-state index contributed by atoms with van der Waals surface area (Å²) in [4.78, 5) is 4.20. The molecule has 0 saturated heterocycles. The van der Waals surface area contributed by atoms with Crippen molar-refractivity contribution in [1.29, 1.82) is 0 Å². The van der Waals surface area contributed by atoms with Crippen LogP contribution in [0.2, 0.25) is 0 Å². The van der Waals surface area contributed by atoms with Gasteiger partial charge in [-0.3, -0.25) is 0 Å². The van der Waals surface area contributed by atoms with Gasteiger partial charge in [0.2, 0.25) is 5.82 Å². The average molecular weight is 335 g/mol. The molecule has 20 heavy (non-hydrogen) atoms. The molecule has 0 fully saturated rings. The predicted molar refractivity (Wildman–Crippen MR) is 74.5 cm³/mol. The van der Waals surface area contributed by atoms with E-state index in [1.54, 1.807) is 24.3 Å². The number of hydrogen-bond donors (Lipinski definition) is 1. The Labute approximate surface area is 122 Å². The normalized spacial score (nSPS) is 10.7. The third-order valence-electron chi connectivity index (χ3n) is 2.72. The summed E-state index contributed by atoms with van der Waals surface area (Å²) in [7, 11) is 0. The zero-order valence-electron chi connectivity index (χ0n) is 10.0. The van der Waals surface area contributed by atoms with E-state index in [1.165, 1.54) is 18.2 Å². The third-order valence-corrected chi connectivity index (χ3v) is 3.21. The molecule has 0 aliphatic carbocycles. The van der Waals surface area contributed by atoms with E-state index in [1.807, 2.05) is 0 Å². The van der Waals surface area contributed by atoms with Crippen molar-refractivity contribution in [2.24, 2.45) is 0 Å². The summed E-state index contributed by atoms with van der Waals surface area (Å²) in [5, 5.41) is 13.7. The number of hydrogen-bond acceptors (Lipinski definition) is 4. The minimum atomic E-state index is -0.331. The Kier molecular flexibility index (Phi) is 3.23. The van der Waals surface area contributed by atoms with Gasteiger partial charge in [-0.15, -0.1) is 0 Å². The molecule has 4 nitrogen and oxygen atoms in total. The van der Waals surface area contributed by atoms with Gasteiger partial charge in [-0.1, -0.05) is 21.1 Å². The zero-order valence-corrected chi connectivity index (χ0v) is 11.6. The highest BCUT2D eigenvalue weighted by Gasteiger charge is 2.14. The van der Waals surface area contributed by atoms with Crippen LogP contribution >= 0.6 is 15.9 Å². The third kappa shape index (κ3) is 2.42. The Hall–Kier alpha value is -2.21. The second-order valence-electron chi connectivity index (χ2n) is 4.09. The van der Waals surface area contributed by atoms with Crippen LogP contribution in [0.3, 0.4) is 0 Å². The Balaban J connectivity index is 1.99. The summed E-state index contributed by atoms with van der Waals surface area (Å²) in [5.41, 5.74) is 1.08. The van der Waals surface area contributed by atoms with E-state index < -0.39 is 0 Å². The van der Waals surface area contributed by atoms with Gasteiger partial charge in [-0.05, 0) is 42.5 Å². The summed E-state index contributed by atoms with van der Waals surface area (Å²) in [6.07, 6.45) is 0. The van der Waals surface area contributed by atoms with Gasteiger partial charge in [-0.2, -0.15) is 4.98 Å². The summed E-state index contributed by atoms with van der Waals surface area (Å²) in [6, 6.07) is 10.7. The largest absolute Gasteiger partial charge is 0.507 e. The Morgan fingerprint density at radius 1 is 1.10 bits per heavy atom. The van der Waals surface area contributed by atoms with Crippen molar-refractivity contribution in [2.75, 3.05) is 0 Å². The Bertz CT molecular complexity index is 756. The first-order valence-electron chi connectivity index (χ1n) is 5.72. The van der Waals surface area contributed by atoms with Gasteiger partial charge in [0.25, 0.3) is 5.89 Å². The van der Waals surface area contributed by atoms with Crippen LogP contribution in [0, 0.1) is 5.82 Å². The van der Waals surface area contributed by atoms with E-state index in [9.17, 15) is 9.50 Å². The number of phenolic OH excluding ortho intramolecular Hbond substituents is 1. The molecule has 2 aromatic carbocycles. The Morgan fingerprint density at radius 3 is 2.55 bits per heavy atom. The average Bonchev–Trinajstić information content (AvgIpc) is 2.89. The molecule has 6 heteroatoms. The fraction of sp³-hybridized carbons (Fsp3) is 0. The number of nitrogens with zero attached hydrogens (tertiary/aromatic N) is 2. The highest BCUT2D eigenvalue weighted by atomic mass is 79.9. The van der Waals surface area contributed by atoms with E-state index in [2.05, 4.69) is 26.1 Å². The van der Waals surface area contributed by atoms with E-state index in [0.717, 1.165) is 4.47 Å². The van der Waals surface area contributed by atoms with Gasteiger partial charge in [0.1, 0.15) is 11.6 Å². The van der Waals surface area contributed by atoms with Gasteiger partial charge in [0, 0.05) is 10.0 Å². The van der Waals surface area contributed by atoms with Crippen molar-refractivity contribution >= 4 is 15.9 Å². The van der Waals surface area contributed by atoms with Crippen LogP contribution in [0.15, 0.2) is 51.5 Å². The maximum Gasteiger partial charge on any atom is 0.261 e. The topological polar surface area (TPSA) is 59.2 Å². The minimum Gasteiger partial charge on any atom is -0.507 e. The number of aromatic nitrogens is 2. The molecule has 0 atom stereocenters. The Morgan fingerprint density at radius 2 is 1.85 bits per heavy atom. The van der Waals surface area contributed by atoms with Gasteiger partial charge in [0.05, 0.1) is 5.56 Å². The van der Waals surface area contributed by atoms with Crippen LogP contribution in [0.5, 0.6) is 5.75 Å². The number of halogens is 2. The maximum atomic E-state index is 12.9. The van der Waals surface area contributed by atoms with Crippen LogP contribution < -0.4 is 0 Å². The summed E-state index contributed by atoms with van der Waals surface area (Å²) < 4.78 is 18.7. The number of rotatable bonds is 2. The molecule has 0 spiro atoms. The molecule has 100 valence electrons. The van der Waals surface area contributed by atoms with Crippen molar-refractivity contribution in [3.63, 3.8) is 0 Å². The zero-order chi connectivity index (χ0) is 14.1. The van der Waals surface area contributed by atoms with E-state index in [0.29, 0.717) is 17.0 Å². The van der Waals surface area contributed by atoms with Crippen molar-refractivity contribution in [3.8, 4) is 28.6 Å². The molecular formula is C14H8BrFN2O2. The molecule has 0 amide bonds. The smallest absolute Gasteiger partial charge is 0.261 e. The van der Waals surface area contributed by atoms with Crippen LogP contribution in [0.4, 0.5) is 4.39 Å². The standard InChI is InChI=1S/C14H8BrFN2O2/c15-9-3-6-11(12(19)7-9)14-17-13(18-20-14)8-1-4-10(16)5-2-8/h1-7,19H. The number of benzene rings is 2. The van der Waals surface area contributed by atoms with E-state index in [-0.39, 0.29) is 17.5 Å². The van der Waals surface area contributed by atoms with Crippen molar-refractivity contribution in [2.45, 2.75) is 0 Å². The molecule has 0 radical (unpaired) electrons. The number of aromatic hydroxyl groups is 1. The molecule has 1 aromatic heterocycles. The van der Waals surface area contributed by atoms with Gasteiger partial charge < -0.3 is 9.63 Å². The summed E-state index contributed by atoms with van der Waals surface area (Å²) >= 11 is 3.26. The molecule has 0 saturated carbocycles. The van der Waals surface area contributed by atoms with Crippen LogP contribution in [-0.2, 0) is 0 Å². The monoisotopic (exact) mass is 334 g/mol. The summed E-state index contributed by atoms with van der Waals surface area (Å²) in [6.45, 7) is 0. The van der Waals surface area contributed by atoms with Gasteiger partial charge >= 0.3 is 0 Å². The van der Waals surface area contributed by atoms with E-state index in [4.69, 9.17) is 4.52 Å². The first-order chi connectivity index (χ1) is 9.63. The molecule has 0 unspecified atom stereocenters. The molecule has 0 aliphatic rings. The predicted octanol–water partition coefficient (Wildman–Crippen LogP) is 4.01. The second-order valence-corrected chi connectivity index (χ2v) is 5.01. The SMILES string of the molecule is Oc1cc(Br)ccc1-c1nc(-c2ccc(F)cc2)no1. The fourth-order valence-electron chi connectivity index (χ4n) is 1.73. The molecule has 3 rings (SSSR count). The lowest BCUT2D eigenvalue weighted by Crippen LogP contribution is -1.82. The lowest BCUT2D eigenvalue weighted by molar-refractivity contribution is 0.425. The summed E-state index contributed by atoms with van der Waals surface area (Å²) in [5.74, 6) is 0.244. The lowest BCUT2D eigenvalue weighted by atomic mass is 10.2. The van der Waals surface area contributed by atoms with Crippen molar-refractivity contribution in [1.82, 2.24) is 10.1 Å². The second kappa shape index (κ2) is 5.05. The molecule has 0 bridgehead atoms.